The Morgan fingerprint density at radius 2 is 2.27 bits per heavy atom. The molecule has 0 atom stereocenters. The molecule has 0 amide bonds. The minimum absolute atomic E-state index is 0.604. The van der Waals surface area contributed by atoms with Crippen molar-refractivity contribution in [2.45, 2.75) is 13.3 Å². The largest absolute Gasteiger partial charge is 0.477 e. The van der Waals surface area contributed by atoms with Crippen molar-refractivity contribution in [1.29, 1.82) is 0 Å². The summed E-state index contributed by atoms with van der Waals surface area (Å²) in [6, 6.07) is 3.70. The van der Waals surface area contributed by atoms with E-state index in [0.29, 0.717) is 12.5 Å². The summed E-state index contributed by atoms with van der Waals surface area (Å²) in [5.74, 6) is 0.604. The highest BCUT2D eigenvalue weighted by atomic mass is 127. The van der Waals surface area contributed by atoms with Gasteiger partial charge in [-0.3, -0.25) is 0 Å². The van der Waals surface area contributed by atoms with E-state index >= 15 is 0 Å². The Kier molecular flexibility index (Phi) is 3.55. The van der Waals surface area contributed by atoms with Gasteiger partial charge in [-0.15, -0.1) is 10.2 Å². The molecule has 0 aliphatic heterocycles. The second-order valence-electron chi connectivity index (χ2n) is 2.04. The molecule has 4 heteroatoms. The van der Waals surface area contributed by atoms with Crippen LogP contribution in [0, 0.1) is 3.70 Å². The summed E-state index contributed by atoms with van der Waals surface area (Å²) in [6.07, 6.45) is 0.994. The van der Waals surface area contributed by atoms with Crippen molar-refractivity contribution in [2.75, 3.05) is 6.61 Å². The highest BCUT2D eigenvalue weighted by molar-refractivity contribution is 14.1. The number of ether oxygens (including phenoxy) is 1. The first-order chi connectivity index (χ1) is 5.33. The van der Waals surface area contributed by atoms with E-state index in [0.717, 1.165) is 10.1 Å². The number of rotatable bonds is 3. The zero-order valence-corrected chi connectivity index (χ0v) is 8.41. The van der Waals surface area contributed by atoms with E-state index in [-0.39, 0.29) is 0 Å². The maximum Gasteiger partial charge on any atom is 0.233 e. The van der Waals surface area contributed by atoms with Gasteiger partial charge in [0.2, 0.25) is 5.88 Å². The van der Waals surface area contributed by atoms with Crippen molar-refractivity contribution in [3.05, 3.63) is 15.8 Å². The van der Waals surface area contributed by atoms with E-state index in [1.54, 1.807) is 0 Å². The van der Waals surface area contributed by atoms with Gasteiger partial charge in [0.25, 0.3) is 0 Å². The molecule has 0 radical (unpaired) electrons. The van der Waals surface area contributed by atoms with Crippen LogP contribution in [0.5, 0.6) is 5.88 Å². The summed E-state index contributed by atoms with van der Waals surface area (Å²) in [6.45, 7) is 2.76. The fourth-order valence-electron chi connectivity index (χ4n) is 0.587. The van der Waals surface area contributed by atoms with E-state index in [2.05, 4.69) is 39.7 Å². The Morgan fingerprint density at radius 1 is 1.45 bits per heavy atom. The minimum atomic E-state index is 0.604. The molecule has 3 nitrogen and oxygen atoms in total. The Labute approximate surface area is 79.3 Å². The number of hydrogen-bond donors (Lipinski definition) is 0. The first kappa shape index (κ1) is 8.70. The zero-order chi connectivity index (χ0) is 8.10. The lowest BCUT2D eigenvalue weighted by Crippen LogP contribution is -1.98. The Balaban J connectivity index is 2.52. The van der Waals surface area contributed by atoms with Gasteiger partial charge in [0.1, 0.15) is 3.70 Å². The Morgan fingerprint density at radius 3 is 2.82 bits per heavy atom. The van der Waals surface area contributed by atoms with Gasteiger partial charge in [0.05, 0.1) is 6.61 Å². The average Bonchev–Trinajstić information content (AvgIpc) is 2.04. The highest BCUT2D eigenvalue weighted by Crippen LogP contribution is 2.06. The van der Waals surface area contributed by atoms with Crippen LogP contribution >= 0.6 is 22.6 Å². The lowest BCUT2D eigenvalue weighted by Gasteiger charge is -2.00. The van der Waals surface area contributed by atoms with Gasteiger partial charge in [-0.1, -0.05) is 6.92 Å². The molecule has 0 aliphatic rings. The standard InChI is InChI=1S/C7H9IN2O/c1-2-5-11-7-4-3-6(8)9-10-7/h3-4H,2,5H2,1H3. The maximum absolute atomic E-state index is 5.23. The van der Waals surface area contributed by atoms with E-state index in [1.165, 1.54) is 0 Å². The third kappa shape index (κ3) is 3.00. The van der Waals surface area contributed by atoms with Crippen LogP contribution in [0.25, 0.3) is 0 Å². The predicted octanol–water partition coefficient (Wildman–Crippen LogP) is 1.87. The van der Waals surface area contributed by atoms with Crippen molar-refractivity contribution < 1.29 is 4.74 Å². The van der Waals surface area contributed by atoms with Gasteiger partial charge in [0, 0.05) is 6.07 Å². The van der Waals surface area contributed by atoms with Crippen LogP contribution in [0.1, 0.15) is 13.3 Å². The van der Waals surface area contributed by atoms with Crippen molar-refractivity contribution in [3.63, 3.8) is 0 Å². The Bertz CT molecular complexity index is 212. The lowest BCUT2D eigenvalue weighted by atomic mass is 10.5. The SMILES string of the molecule is CCCOc1ccc(I)nn1. The molecule has 11 heavy (non-hydrogen) atoms. The molecule has 60 valence electrons. The highest BCUT2D eigenvalue weighted by Gasteiger charge is 1.93. The molecule has 0 N–H and O–H groups in total. The molecule has 0 fully saturated rings. The first-order valence-corrected chi connectivity index (χ1v) is 4.53. The van der Waals surface area contributed by atoms with Crippen LogP contribution in [0.3, 0.4) is 0 Å². The molecule has 1 aromatic rings. The van der Waals surface area contributed by atoms with E-state index in [4.69, 9.17) is 4.74 Å². The molecule has 0 spiro atoms. The average molecular weight is 264 g/mol. The van der Waals surface area contributed by atoms with E-state index < -0.39 is 0 Å². The fourth-order valence-corrected chi connectivity index (χ4v) is 0.875. The second-order valence-corrected chi connectivity index (χ2v) is 3.15. The molecule has 0 unspecified atom stereocenters. The maximum atomic E-state index is 5.23. The first-order valence-electron chi connectivity index (χ1n) is 3.45. The monoisotopic (exact) mass is 264 g/mol. The third-order valence-corrected chi connectivity index (χ3v) is 1.64. The third-order valence-electron chi connectivity index (χ3n) is 1.06. The predicted molar refractivity (Wildman–Crippen MR) is 50.5 cm³/mol. The summed E-state index contributed by atoms with van der Waals surface area (Å²) in [7, 11) is 0. The Hall–Kier alpha value is -0.390. The molecule has 0 saturated heterocycles. The van der Waals surface area contributed by atoms with Crippen LogP contribution in [-0.4, -0.2) is 16.8 Å². The second kappa shape index (κ2) is 4.48. The summed E-state index contributed by atoms with van der Waals surface area (Å²) < 4.78 is 6.11. The van der Waals surface area contributed by atoms with Crippen LogP contribution in [0.2, 0.25) is 0 Å². The van der Waals surface area contributed by atoms with E-state index in [9.17, 15) is 0 Å². The fraction of sp³-hybridized carbons (Fsp3) is 0.429. The van der Waals surface area contributed by atoms with Crippen LogP contribution in [0.4, 0.5) is 0 Å². The van der Waals surface area contributed by atoms with Gasteiger partial charge >= 0.3 is 0 Å². The number of nitrogens with zero attached hydrogens (tertiary/aromatic N) is 2. The van der Waals surface area contributed by atoms with Crippen molar-refractivity contribution in [3.8, 4) is 5.88 Å². The molecule has 1 heterocycles. The van der Waals surface area contributed by atoms with Gasteiger partial charge in [-0.25, -0.2) is 0 Å². The molecule has 1 aromatic heterocycles. The summed E-state index contributed by atoms with van der Waals surface area (Å²) in [4.78, 5) is 0. The van der Waals surface area contributed by atoms with Crippen LogP contribution < -0.4 is 4.74 Å². The summed E-state index contributed by atoms with van der Waals surface area (Å²) >= 11 is 2.11. The topological polar surface area (TPSA) is 35.0 Å². The molecule has 0 aromatic carbocycles. The smallest absolute Gasteiger partial charge is 0.233 e. The van der Waals surface area contributed by atoms with Gasteiger partial charge < -0.3 is 4.74 Å². The van der Waals surface area contributed by atoms with E-state index in [1.807, 2.05) is 12.1 Å². The molecule has 0 aliphatic carbocycles. The van der Waals surface area contributed by atoms with Gasteiger partial charge in [-0.05, 0) is 35.1 Å². The summed E-state index contributed by atoms with van der Waals surface area (Å²) in [5, 5.41) is 7.68. The quantitative estimate of drug-likeness (QED) is 0.782. The van der Waals surface area contributed by atoms with Crippen molar-refractivity contribution in [1.82, 2.24) is 10.2 Å². The molecule has 1 rings (SSSR count). The molecule has 0 saturated carbocycles. The van der Waals surface area contributed by atoms with Crippen molar-refractivity contribution in [2.24, 2.45) is 0 Å². The molecular weight excluding hydrogens is 255 g/mol. The van der Waals surface area contributed by atoms with Gasteiger partial charge in [0.15, 0.2) is 0 Å². The number of halogens is 1. The molecule has 0 bridgehead atoms. The summed E-state index contributed by atoms with van der Waals surface area (Å²) in [5.41, 5.74) is 0. The lowest BCUT2D eigenvalue weighted by molar-refractivity contribution is 0.301. The molecular formula is C7H9IN2O. The zero-order valence-electron chi connectivity index (χ0n) is 6.25. The number of hydrogen-bond acceptors (Lipinski definition) is 3. The van der Waals surface area contributed by atoms with Gasteiger partial charge in [-0.2, -0.15) is 0 Å². The number of aromatic nitrogens is 2. The van der Waals surface area contributed by atoms with Crippen LogP contribution in [0.15, 0.2) is 12.1 Å². The normalized spacial score (nSPS) is 9.64. The minimum Gasteiger partial charge on any atom is -0.477 e. The van der Waals surface area contributed by atoms with Crippen LogP contribution in [-0.2, 0) is 0 Å². The van der Waals surface area contributed by atoms with Crippen molar-refractivity contribution >= 4 is 22.6 Å².